The molecule has 142 valence electrons. The molecule has 1 N–H and O–H groups in total. The summed E-state index contributed by atoms with van der Waals surface area (Å²) in [5, 5.41) is 2.76. The number of halogens is 1. The number of amides is 1. The van der Waals surface area contributed by atoms with Crippen LogP contribution in [0.25, 0.3) is 0 Å². The van der Waals surface area contributed by atoms with Crippen LogP contribution in [-0.4, -0.2) is 50.3 Å². The van der Waals surface area contributed by atoms with Gasteiger partial charge in [-0.15, -0.1) is 0 Å². The van der Waals surface area contributed by atoms with E-state index in [0.717, 1.165) is 32.1 Å². The molecule has 1 aliphatic carbocycles. The van der Waals surface area contributed by atoms with E-state index < -0.39 is 22.6 Å². The first-order valence-electron chi connectivity index (χ1n) is 8.64. The van der Waals surface area contributed by atoms with Crippen molar-refractivity contribution in [3.8, 4) is 0 Å². The average molecular weight is 401 g/mol. The third kappa shape index (κ3) is 4.55. The first-order valence-corrected chi connectivity index (χ1v) is 10.5. The largest absolute Gasteiger partial charge is 0.452 e. The lowest BCUT2D eigenvalue weighted by molar-refractivity contribution is -0.124. The second kappa shape index (κ2) is 7.94. The zero-order valence-corrected chi connectivity index (χ0v) is 15.8. The first-order chi connectivity index (χ1) is 12.4. The van der Waals surface area contributed by atoms with Gasteiger partial charge in [-0.3, -0.25) is 4.79 Å². The van der Waals surface area contributed by atoms with Crippen molar-refractivity contribution in [2.45, 2.75) is 43.0 Å². The number of ether oxygens (including phenoxy) is 1. The predicted octanol–water partition coefficient (Wildman–Crippen LogP) is 1.95. The number of nitrogens with zero attached hydrogens (tertiary/aromatic N) is 1. The first kappa shape index (κ1) is 19.1. The van der Waals surface area contributed by atoms with Gasteiger partial charge in [-0.1, -0.05) is 18.0 Å². The maximum absolute atomic E-state index is 12.8. The normalized spacial score (nSPS) is 18.3. The number of benzene rings is 1. The van der Waals surface area contributed by atoms with Crippen LogP contribution in [0.3, 0.4) is 0 Å². The van der Waals surface area contributed by atoms with E-state index >= 15 is 0 Å². The van der Waals surface area contributed by atoms with Crippen molar-refractivity contribution < 1.29 is 22.7 Å². The van der Waals surface area contributed by atoms with Gasteiger partial charge in [-0.2, -0.15) is 4.31 Å². The smallest absolute Gasteiger partial charge is 0.338 e. The van der Waals surface area contributed by atoms with E-state index in [1.165, 1.54) is 22.5 Å². The summed E-state index contributed by atoms with van der Waals surface area (Å²) in [7, 11) is -3.77. The maximum atomic E-state index is 12.8. The van der Waals surface area contributed by atoms with Crippen LogP contribution in [0, 0.1) is 0 Å². The summed E-state index contributed by atoms with van der Waals surface area (Å²) in [5.74, 6) is -1.13. The molecule has 7 nitrogen and oxygen atoms in total. The van der Waals surface area contributed by atoms with Crippen LogP contribution in [0.5, 0.6) is 0 Å². The minimum Gasteiger partial charge on any atom is -0.452 e. The molecule has 1 saturated carbocycles. The molecular formula is C17H21ClN2O5S. The van der Waals surface area contributed by atoms with E-state index in [0.29, 0.717) is 13.1 Å². The van der Waals surface area contributed by atoms with Crippen LogP contribution in [0.4, 0.5) is 0 Å². The molecule has 26 heavy (non-hydrogen) atoms. The molecule has 1 aromatic rings. The Kier molecular flexibility index (Phi) is 5.84. The predicted molar refractivity (Wildman–Crippen MR) is 95.5 cm³/mol. The standard InChI is InChI=1S/C17H21ClN2O5S/c18-14-7-4-12(17(22)25-11-16(21)19-13-5-6-13)10-15(14)26(23,24)20-8-2-1-3-9-20/h4,7,10,13H,1-3,5-6,8-9,11H2,(H,19,21). The lowest BCUT2D eigenvalue weighted by Gasteiger charge is -2.26. The number of sulfonamides is 1. The van der Waals surface area contributed by atoms with Crippen LogP contribution >= 0.6 is 11.6 Å². The number of piperidine rings is 1. The molecule has 0 spiro atoms. The van der Waals surface area contributed by atoms with Gasteiger partial charge in [0.05, 0.1) is 10.6 Å². The molecule has 1 heterocycles. The van der Waals surface area contributed by atoms with Gasteiger partial charge < -0.3 is 10.1 Å². The zero-order chi connectivity index (χ0) is 18.7. The fraction of sp³-hybridized carbons (Fsp3) is 0.529. The van der Waals surface area contributed by atoms with Gasteiger partial charge in [0.1, 0.15) is 4.90 Å². The Morgan fingerprint density at radius 3 is 2.54 bits per heavy atom. The molecule has 0 atom stereocenters. The Morgan fingerprint density at radius 2 is 1.88 bits per heavy atom. The molecular weight excluding hydrogens is 380 g/mol. The number of rotatable bonds is 6. The molecule has 1 aromatic carbocycles. The van der Waals surface area contributed by atoms with Crippen LogP contribution < -0.4 is 5.32 Å². The van der Waals surface area contributed by atoms with Gasteiger partial charge in [0, 0.05) is 19.1 Å². The second-order valence-corrected chi connectivity index (χ2v) is 8.84. The van der Waals surface area contributed by atoms with E-state index in [1.807, 2.05) is 0 Å². The molecule has 0 bridgehead atoms. The SMILES string of the molecule is O=C(COC(=O)c1ccc(Cl)c(S(=O)(=O)N2CCCCC2)c1)NC1CC1. The van der Waals surface area contributed by atoms with Crippen molar-refractivity contribution in [1.29, 1.82) is 0 Å². The Morgan fingerprint density at radius 1 is 1.19 bits per heavy atom. The Bertz CT molecular complexity index is 801. The highest BCUT2D eigenvalue weighted by molar-refractivity contribution is 7.89. The zero-order valence-electron chi connectivity index (χ0n) is 14.2. The highest BCUT2D eigenvalue weighted by Gasteiger charge is 2.29. The summed E-state index contributed by atoms with van der Waals surface area (Å²) in [6.45, 7) is 0.482. The Hall–Kier alpha value is -1.64. The number of esters is 1. The van der Waals surface area contributed by atoms with Crippen molar-refractivity contribution in [3.63, 3.8) is 0 Å². The molecule has 9 heteroatoms. The number of hydrogen-bond donors (Lipinski definition) is 1. The van der Waals surface area contributed by atoms with Gasteiger partial charge in [0.2, 0.25) is 10.0 Å². The van der Waals surface area contributed by atoms with Crippen LogP contribution in [0.2, 0.25) is 5.02 Å². The quantitative estimate of drug-likeness (QED) is 0.737. The summed E-state index contributed by atoms with van der Waals surface area (Å²) in [4.78, 5) is 23.7. The fourth-order valence-electron chi connectivity index (χ4n) is 2.78. The Balaban J connectivity index is 1.71. The van der Waals surface area contributed by atoms with Crippen molar-refractivity contribution in [1.82, 2.24) is 9.62 Å². The van der Waals surface area contributed by atoms with Crippen molar-refractivity contribution >= 4 is 33.5 Å². The third-order valence-corrected chi connectivity index (χ3v) is 6.76. The summed E-state index contributed by atoms with van der Waals surface area (Å²) in [6.07, 6.45) is 4.47. The lowest BCUT2D eigenvalue weighted by atomic mass is 10.2. The topological polar surface area (TPSA) is 92.8 Å². The molecule has 0 radical (unpaired) electrons. The fourth-order valence-corrected chi connectivity index (χ4v) is 4.80. The van der Waals surface area contributed by atoms with Crippen molar-refractivity contribution in [2.24, 2.45) is 0 Å². The summed E-state index contributed by atoms with van der Waals surface area (Å²) >= 11 is 6.07. The van der Waals surface area contributed by atoms with Crippen molar-refractivity contribution in [3.05, 3.63) is 28.8 Å². The number of carbonyl (C=O) groups is 2. The number of nitrogens with one attached hydrogen (secondary N) is 1. The summed E-state index contributed by atoms with van der Waals surface area (Å²) < 4.78 is 32.0. The van der Waals surface area contributed by atoms with Crippen molar-refractivity contribution in [2.75, 3.05) is 19.7 Å². The van der Waals surface area contributed by atoms with E-state index in [9.17, 15) is 18.0 Å². The molecule has 2 aliphatic rings. The average Bonchev–Trinajstić information content (AvgIpc) is 3.44. The third-order valence-electron chi connectivity index (χ3n) is 4.38. The highest BCUT2D eigenvalue weighted by Crippen LogP contribution is 2.28. The van der Waals surface area contributed by atoms with E-state index in [2.05, 4.69) is 5.32 Å². The second-order valence-electron chi connectivity index (χ2n) is 6.53. The number of hydrogen-bond acceptors (Lipinski definition) is 5. The van der Waals surface area contributed by atoms with E-state index in [1.54, 1.807) is 0 Å². The van der Waals surface area contributed by atoms with E-state index in [-0.39, 0.29) is 27.4 Å². The minimum absolute atomic E-state index is 0.0456. The van der Waals surface area contributed by atoms with Crippen LogP contribution in [-0.2, 0) is 19.6 Å². The van der Waals surface area contributed by atoms with E-state index in [4.69, 9.17) is 16.3 Å². The minimum atomic E-state index is -3.77. The molecule has 1 aliphatic heterocycles. The van der Waals surface area contributed by atoms with Crippen LogP contribution in [0.1, 0.15) is 42.5 Å². The van der Waals surface area contributed by atoms with Crippen LogP contribution in [0.15, 0.2) is 23.1 Å². The summed E-state index contributed by atoms with van der Waals surface area (Å²) in [6, 6.07) is 4.14. The van der Waals surface area contributed by atoms with Gasteiger partial charge >= 0.3 is 5.97 Å². The monoisotopic (exact) mass is 400 g/mol. The van der Waals surface area contributed by atoms with Gasteiger partial charge in [0.15, 0.2) is 6.61 Å². The highest BCUT2D eigenvalue weighted by atomic mass is 35.5. The maximum Gasteiger partial charge on any atom is 0.338 e. The summed E-state index contributed by atoms with van der Waals surface area (Å²) in [5.41, 5.74) is 0.0456. The Labute approximate surface area is 157 Å². The molecule has 2 fully saturated rings. The van der Waals surface area contributed by atoms with Gasteiger partial charge in [0.25, 0.3) is 5.91 Å². The molecule has 1 amide bonds. The lowest BCUT2D eigenvalue weighted by Crippen LogP contribution is -2.35. The van der Waals surface area contributed by atoms with Gasteiger partial charge in [-0.05, 0) is 43.9 Å². The molecule has 0 aromatic heterocycles. The molecule has 0 unspecified atom stereocenters. The molecule has 3 rings (SSSR count). The molecule has 1 saturated heterocycles. The van der Waals surface area contributed by atoms with Gasteiger partial charge in [-0.25, -0.2) is 13.2 Å². The number of carbonyl (C=O) groups excluding carboxylic acids is 2.